The molecule has 1 unspecified atom stereocenters. The molecule has 0 radical (unpaired) electrons. The largest absolute Gasteiger partial charge is 0.354 e. The van der Waals surface area contributed by atoms with E-state index in [1.807, 2.05) is 30.3 Å². The predicted molar refractivity (Wildman–Crippen MR) is 80.2 cm³/mol. The first kappa shape index (κ1) is 16.0. The summed E-state index contributed by atoms with van der Waals surface area (Å²) < 4.78 is 0. The van der Waals surface area contributed by atoms with Crippen molar-refractivity contribution in [2.75, 3.05) is 6.54 Å². The van der Waals surface area contributed by atoms with Crippen molar-refractivity contribution in [1.29, 1.82) is 0 Å². The Morgan fingerprint density at radius 1 is 1.37 bits per heavy atom. The fourth-order valence-corrected chi connectivity index (χ4v) is 2.42. The summed E-state index contributed by atoms with van der Waals surface area (Å²) in [5, 5.41) is 3.00. The van der Waals surface area contributed by atoms with Crippen LogP contribution in [0.2, 0.25) is 0 Å². The van der Waals surface area contributed by atoms with Gasteiger partial charge in [0.15, 0.2) is 0 Å². The third-order valence-corrected chi connectivity index (χ3v) is 3.82. The molecule has 19 heavy (non-hydrogen) atoms. The first-order valence-electron chi connectivity index (χ1n) is 6.75. The van der Waals surface area contributed by atoms with Crippen LogP contribution in [0, 0.1) is 5.41 Å². The highest BCUT2D eigenvalue weighted by molar-refractivity contribution is 5.85. The van der Waals surface area contributed by atoms with Gasteiger partial charge in [-0.25, -0.2) is 0 Å². The number of nitrogens with two attached hydrogens (primary N) is 1. The number of benzene rings is 1. The molecule has 0 spiro atoms. The van der Waals surface area contributed by atoms with E-state index in [0.29, 0.717) is 5.41 Å². The second-order valence-corrected chi connectivity index (χ2v) is 5.36. The maximum absolute atomic E-state index is 12.0. The molecule has 3 N–H and O–H groups in total. The number of hydrogen-bond donors (Lipinski definition) is 2. The molecule has 0 bridgehead atoms. The molecule has 1 aliphatic carbocycles. The van der Waals surface area contributed by atoms with Gasteiger partial charge in [0.25, 0.3) is 0 Å². The molecule has 1 fully saturated rings. The van der Waals surface area contributed by atoms with Crippen molar-refractivity contribution in [3.05, 3.63) is 35.9 Å². The summed E-state index contributed by atoms with van der Waals surface area (Å²) in [6.45, 7) is 2.97. The molecule has 1 aromatic rings. The van der Waals surface area contributed by atoms with Gasteiger partial charge >= 0.3 is 0 Å². The maximum Gasteiger partial charge on any atom is 0.241 e. The highest BCUT2D eigenvalue weighted by Gasteiger charge is 2.41. The second-order valence-electron chi connectivity index (χ2n) is 5.36. The van der Waals surface area contributed by atoms with Crippen LogP contribution in [0.4, 0.5) is 0 Å². The van der Waals surface area contributed by atoms with Gasteiger partial charge in [-0.05, 0) is 30.2 Å². The SMILES string of the molecule is CCCC1(CNC(=O)C(N)c2ccccc2)CC1.Cl. The topological polar surface area (TPSA) is 55.1 Å². The van der Waals surface area contributed by atoms with Gasteiger partial charge in [-0.1, -0.05) is 43.7 Å². The van der Waals surface area contributed by atoms with Gasteiger partial charge in [-0.2, -0.15) is 0 Å². The third-order valence-electron chi connectivity index (χ3n) is 3.82. The van der Waals surface area contributed by atoms with E-state index in [-0.39, 0.29) is 18.3 Å². The number of nitrogens with one attached hydrogen (secondary N) is 1. The molecule has 1 saturated carbocycles. The second kappa shape index (κ2) is 6.92. The van der Waals surface area contributed by atoms with Crippen molar-refractivity contribution in [1.82, 2.24) is 5.32 Å². The van der Waals surface area contributed by atoms with Crippen LogP contribution in [0.25, 0.3) is 0 Å². The predicted octanol–water partition coefficient (Wildman–Crippen LogP) is 2.80. The monoisotopic (exact) mass is 282 g/mol. The Morgan fingerprint density at radius 2 is 2.00 bits per heavy atom. The normalized spacial score (nSPS) is 17.2. The number of halogens is 1. The average molecular weight is 283 g/mol. The van der Waals surface area contributed by atoms with Gasteiger partial charge in [0, 0.05) is 6.54 Å². The number of carbonyl (C=O) groups is 1. The number of carbonyl (C=O) groups excluding carboxylic acids is 1. The molecule has 1 amide bonds. The Morgan fingerprint density at radius 3 is 2.53 bits per heavy atom. The van der Waals surface area contributed by atoms with Gasteiger partial charge in [-0.15, -0.1) is 12.4 Å². The minimum absolute atomic E-state index is 0. The van der Waals surface area contributed by atoms with E-state index >= 15 is 0 Å². The fraction of sp³-hybridized carbons (Fsp3) is 0.533. The van der Waals surface area contributed by atoms with Crippen LogP contribution >= 0.6 is 12.4 Å². The molecule has 1 aromatic carbocycles. The van der Waals surface area contributed by atoms with Gasteiger partial charge in [-0.3, -0.25) is 4.79 Å². The lowest BCUT2D eigenvalue weighted by Crippen LogP contribution is -2.37. The van der Waals surface area contributed by atoms with Gasteiger partial charge in [0.1, 0.15) is 6.04 Å². The van der Waals surface area contributed by atoms with Crippen LogP contribution in [0.1, 0.15) is 44.2 Å². The minimum Gasteiger partial charge on any atom is -0.354 e. The van der Waals surface area contributed by atoms with Crippen molar-refractivity contribution in [2.24, 2.45) is 11.1 Å². The van der Waals surface area contributed by atoms with E-state index in [0.717, 1.165) is 12.1 Å². The van der Waals surface area contributed by atoms with Crippen LogP contribution in [0.5, 0.6) is 0 Å². The van der Waals surface area contributed by atoms with Crippen molar-refractivity contribution >= 4 is 18.3 Å². The van der Waals surface area contributed by atoms with Gasteiger partial charge < -0.3 is 11.1 Å². The average Bonchev–Trinajstić information content (AvgIpc) is 3.17. The molecule has 0 aliphatic heterocycles. The Labute approximate surface area is 121 Å². The summed E-state index contributed by atoms with van der Waals surface area (Å²) >= 11 is 0. The van der Waals surface area contributed by atoms with Crippen LogP contribution in [0.3, 0.4) is 0 Å². The summed E-state index contributed by atoms with van der Waals surface area (Å²) in [4.78, 5) is 12.0. The molecule has 2 rings (SSSR count). The summed E-state index contributed by atoms with van der Waals surface area (Å²) in [6.07, 6.45) is 4.86. The van der Waals surface area contributed by atoms with E-state index < -0.39 is 6.04 Å². The minimum atomic E-state index is -0.552. The van der Waals surface area contributed by atoms with Crippen LogP contribution in [-0.2, 0) is 4.79 Å². The Kier molecular flexibility index (Phi) is 5.83. The number of rotatable bonds is 6. The first-order valence-corrected chi connectivity index (χ1v) is 6.75. The lowest BCUT2D eigenvalue weighted by Gasteiger charge is -2.17. The molecule has 0 heterocycles. The summed E-state index contributed by atoms with van der Waals surface area (Å²) in [5.74, 6) is -0.0661. The van der Waals surface area contributed by atoms with E-state index in [4.69, 9.17) is 5.73 Å². The summed E-state index contributed by atoms with van der Waals surface area (Å²) in [5.41, 5.74) is 7.20. The highest BCUT2D eigenvalue weighted by Crippen LogP contribution is 2.48. The summed E-state index contributed by atoms with van der Waals surface area (Å²) in [6, 6.07) is 8.97. The Bertz CT molecular complexity index is 404. The zero-order valence-corrected chi connectivity index (χ0v) is 12.2. The molecular formula is C15H23ClN2O. The molecule has 4 heteroatoms. The Hall–Kier alpha value is -1.06. The van der Waals surface area contributed by atoms with Crippen molar-refractivity contribution < 1.29 is 4.79 Å². The van der Waals surface area contributed by atoms with Gasteiger partial charge in [0.2, 0.25) is 5.91 Å². The van der Waals surface area contributed by atoms with Crippen molar-refractivity contribution in [2.45, 2.75) is 38.6 Å². The molecule has 1 atom stereocenters. The van der Waals surface area contributed by atoms with Crippen molar-refractivity contribution in [3.63, 3.8) is 0 Å². The lowest BCUT2D eigenvalue weighted by atomic mass is 10.0. The quantitative estimate of drug-likeness (QED) is 0.843. The Balaban J connectivity index is 0.00000180. The maximum atomic E-state index is 12.0. The molecular weight excluding hydrogens is 260 g/mol. The smallest absolute Gasteiger partial charge is 0.241 e. The van der Waals surface area contributed by atoms with E-state index in [2.05, 4.69) is 12.2 Å². The number of hydrogen-bond acceptors (Lipinski definition) is 2. The van der Waals surface area contributed by atoms with E-state index in [1.54, 1.807) is 0 Å². The van der Waals surface area contributed by atoms with Crippen LogP contribution < -0.4 is 11.1 Å². The third kappa shape index (κ3) is 4.22. The lowest BCUT2D eigenvalue weighted by molar-refractivity contribution is -0.122. The van der Waals surface area contributed by atoms with Crippen LogP contribution in [0.15, 0.2) is 30.3 Å². The standard InChI is InChI=1S/C15H22N2O.ClH/c1-2-8-15(9-10-15)11-17-14(18)13(16)12-6-4-3-5-7-12;/h3-7,13H,2,8-11,16H2,1H3,(H,17,18);1H. The van der Waals surface area contributed by atoms with Gasteiger partial charge in [0.05, 0.1) is 0 Å². The van der Waals surface area contributed by atoms with E-state index in [1.165, 1.54) is 25.7 Å². The van der Waals surface area contributed by atoms with Crippen LogP contribution in [-0.4, -0.2) is 12.5 Å². The highest BCUT2D eigenvalue weighted by atomic mass is 35.5. The zero-order chi connectivity index (χ0) is 13.0. The molecule has 3 nitrogen and oxygen atoms in total. The molecule has 0 saturated heterocycles. The molecule has 1 aliphatic rings. The molecule has 106 valence electrons. The first-order chi connectivity index (χ1) is 8.67. The van der Waals surface area contributed by atoms with Crippen molar-refractivity contribution in [3.8, 4) is 0 Å². The number of amides is 1. The zero-order valence-electron chi connectivity index (χ0n) is 11.4. The summed E-state index contributed by atoms with van der Waals surface area (Å²) in [7, 11) is 0. The fourth-order valence-electron chi connectivity index (χ4n) is 2.42. The molecule has 0 aromatic heterocycles. The van der Waals surface area contributed by atoms with E-state index in [9.17, 15) is 4.79 Å².